The van der Waals surface area contributed by atoms with Gasteiger partial charge in [-0.25, -0.2) is 9.59 Å². The summed E-state index contributed by atoms with van der Waals surface area (Å²) in [4.78, 5) is 40.9. The molecule has 0 spiro atoms. The molecule has 0 saturated carbocycles. The van der Waals surface area contributed by atoms with Gasteiger partial charge in [0.05, 0.1) is 18.7 Å². The first-order chi connectivity index (χ1) is 13.0. The van der Waals surface area contributed by atoms with Crippen molar-refractivity contribution in [3.05, 3.63) is 29.8 Å². The highest BCUT2D eigenvalue weighted by molar-refractivity contribution is 5.94. The second-order valence-corrected chi connectivity index (χ2v) is 8.39. The molecule has 1 amide bonds. The predicted molar refractivity (Wildman–Crippen MR) is 101 cm³/mol. The summed E-state index contributed by atoms with van der Waals surface area (Å²) in [6, 6.07) is 7.39. The first-order valence-electron chi connectivity index (χ1n) is 9.12. The van der Waals surface area contributed by atoms with E-state index in [2.05, 4.69) is 0 Å². The number of likely N-dealkylation sites (tertiary alicyclic amines) is 1. The lowest BCUT2D eigenvalue weighted by Gasteiger charge is -2.33. The van der Waals surface area contributed by atoms with E-state index in [-0.39, 0.29) is 0 Å². The van der Waals surface area contributed by atoms with Crippen molar-refractivity contribution in [2.24, 2.45) is 5.92 Å². The Hall–Kier alpha value is -2.61. The van der Waals surface area contributed by atoms with Gasteiger partial charge in [-0.3, -0.25) is 14.6 Å². The lowest BCUT2D eigenvalue weighted by Crippen LogP contribution is -2.51. The third-order valence-corrected chi connectivity index (χ3v) is 5.37. The fourth-order valence-corrected chi connectivity index (χ4v) is 4.32. The topological polar surface area (TPSA) is 85.4 Å². The zero-order chi connectivity index (χ0) is 20.9. The number of carbonyl (C=O) groups excluding carboxylic acids is 3. The highest BCUT2D eigenvalue weighted by Crippen LogP contribution is 2.54. The van der Waals surface area contributed by atoms with Crippen molar-refractivity contribution in [2.75, 3.05) is 25.6 Å². The summed E-state index contributed by atoms with van der Waals surface area (Å²) in [7, 11) is 3.15. The van der Waals surface area contributed by atoms with Crippen molar-refractivity contribution in [1.82, 2.24) is 4.90 Å². The minimum atomic E-state index is -1.02. The molecule has 3 atom stereocenters. The Morgan fingerprint density at radius 3 is 2.43 bits per heavy atom. The number of para-hydroxylation sites is 1. The van der Waals surface area contributed by atoms with Crippen LogP contribution in [0.3, 0.4) is 0 Å². The van der Waals surface area contributed by atoms with Crippen LogP contribution in [0.2, 0.25) is 0 Å². The molecule has 152 valence electrons. The van der Waals surface area contributed by atoms with Crippen LogP contribution in [0, 0.1) is 5.92 Å². The van der Waals surface area contributed by atoms with Gasteiger partial charge in [0.25, 0.3) is 0 Å². The Bertz CT molecular complexity index is 817. The Labute approximate surface area is 164 Å². The Balaban J connectivity index is 1.96. The van der Waals surface area contributed by atoms with Crippen molar-refractivity contribution in [1.29, 1.82) is 0 Å². The summed E-state index contributed by atoms with van der Waals surface area (Å²) in [6.45, 7) is 7.32. The average Bonchev–Trinajstić information content (AvgIpc) is 3.01. The van der Waals surface area contributed by atoms with Crippen LogP contribution in [-0.2, 0) is 24.4 Å². The number of rotatable bonds is 1. The highest BCUT2D eigenvalue weighted by atomic mass is 16.7. The number of ether oxygens (including phenoxy) is 3. The third-order valence-electron chi connectivity index (χ3n) is 5.37. The van der Waals surface area contributed by atoms with Crippen molar-refractivity contribution in [3.8, 4) is 0 Å². The maximum absolute atomic E-state index is 12.9. The molecule has 28 heavy (non-hydrogen) atoms. The van der Waals surface area contributed by atoms with E-state index in [0.29, 0.717) is 12.2 Å². The van der Waals surface area contributed by atoms with Crippen molar-refractivity contribution < 1.29 is 28.6 Å². The number of hydrogen-bond acceptors (Lipinski definition) is 7. The van der Waals surface area contributed by atoms with E-state index in [4.69, 9.17) is 14.2 Å². The Morgan fingerprint density at radius 2 is 1.82 bits per heavy atom. The van der Waals surface area contributed by atoms with Crippen LogP contribution in [-0.4, -0.2) is 55.6 Å². The molecule has 3 rings (SSSR count). The Morgan fingerprint density at radius 1 is 1.18 bits per heavy atom. The van der Waals surface area contributed by atoms with Gasteiger partial charge in [0.2, 0.25) is 0 Å². The molecular formula is C20H26N2O6. The van der Waals surface area contributed by atoms with Gasteiger partial charge in [0.1, 0.15) is 11.8 Å². The summed E-state index contributed by atoms with van der Waals surface area (Å²) in [5, 5.41) is 0. The number of hydrogen-bond donors (Lipinski definition) is 0. The fourth-order valence-electron chi connectivity index (χ4n) is 4.32. The van der Waals surface area contributed by atoms with Gasteiger partial charge in [-0.15, -0.1) is 0 Å². The molecule has 1 fully saturated rings. The van der Waals surface area contributed by atoms with Gasteiger partial charge in [0.15, 0.2) is 0 Å². The number of amides is 1. The van der Waals surface area contributed by atoms with Crippen LogP contribution < -0.4 is 4.90 Å². The lowest BCUT2D eigenvalue weighted by molar-refractivity contribution is -0.147. The number of likely N-dealkylation sites (N-methyl/N-ethyl adjacent to an activating group) is 1. The normalized spacial score (nSPS) is 26.4. The monoisotopic (exact) mass is 390 g/mol. The molecule has 1 saturated heterocycles. The molecule has 1 unspecified atom stereocenters. The van der Waals surface area contributed by atoms with Gasteiger partial charge >= 0.3 is 18.2 Å². The molecular weight excluding hydrogens is 364 g/mol. The molecule has 8 nitrogen and oxygen atoms in total. The minimum Gasteiger partial charge on any atom is -0.452 e. The van der Waals surface area contributed by atoms with E-state index in [1.54, 1.807) is 25.7 Å². The van der Waals surface area contributed by atoms with Crippen molar-refractivity contribution in [3.63, 3.8) is 0 Å². The number of nitrogens with zero attached hydrogens (tertiary/aromatic N) is 2. The first kappa shape index (κ1) is 20.1. The van der Waals surface area contributed by atoms with Crippen LogP contribution in [0.15, 0.2) is 24.3 Å². The number of esters is 1. The number of methoxy groups -OCH3 is 1. The van der Waals surface area contributed by atoms with Crippen LogP contribution >= 0.6 is 0 Å². The highest BCUT2D eigenvalue weighted by Gasteiger charge is 2.63. The molecule has 0 N–H and O–H groups in total. The zero-order valence-corrected chi connectivity index (χ0v) is 17.0. The number of fused-ring (bicyclic) bond motifs is 3. The van der Waals surface area contributed by atoms with E-state index < -0.39 is 41.3 Å². The molecule has 1 aromatic carbocycles. The number of benzene rings is 1. The smallest absolute Gasteiger partial charge is 0.452 e. The summed E-state index contributed by atoms with van der Waals surface area (Å²) in [5.74, 6) is -1.33. The zero-order valence-electron chi connectivity index (χ0n) is 17.0. The lowest BCUT2D eigenvalue weighted by atomic mass is 9.74. The minimum absolute atomic E-state index is 0.324. The summed E-state index contributed by atoms with van der Waals surface area (Å²) < 4.78 is 15.1. The van der Waals surface area contributed by atoms with Gasteiger partial charge < -0.3 is 14.2 Å². The van der Waals surface area contributed by atoms with E-state index >= 15 is 0 Å². The van der Waals surface area contributed by atoms with Crippen LogP contribution in [0.5, 0.6) is 0 Å². The maximum atomic E-state index is 12.9. The van der Waals surface area contributed by atoms with Crippen LogP contribution in [0.25, 0.3) is 0 Å². The van der Waals surface area contributed by atoms with Gasteiger partial charge in [0, 0.05) is 12.0 Å². The van der Waals surface area contributed by atoms with E-state index in [1.165, 1.54) is 7.11 Å². The molecule has 2 heterocycles. The standard InChI is InChI=1S/C20H26N2O6/c1-19(2,3)28-18(25)27-15(23)13-11-21(5)16-20(13,4)12-9-7-8-10-14(12)22(16)17(24)26-6/h7-10,13,16H,11H2,1-6H3/t13?,16-,20-/m1/s1. The van der Waals surface area contributed by atoms with E-state index in [9.17, 15) is 14.4 Å². The molecule has 0 radical (unpaired) electrons. The molecule has 2 aliphatic heterocycles. The molecule has 2 aliphatic rings. The molecule has 0 aliphatic carbocycles. The van der Waals surface area contributed by atoms with Gasteiger partial charge in [-0.05, 0) is 39.4 Å². The summed E-state index contributed by atoms with van der Waals surface area (Å²) >= 11 is 0. The Kier molecular flexibility index (Phi) is 4.87. The van der Waals surface area contributed by atoms with Gasteiger partial charge in [-0.2, -0.15) is 0 Å². The first-order valence-corrected chi connectivity index (χ1v) is 9.12. The third kappa shape index (κ3) is 3.11. The molecule has 0 bridgehead atoms. The SMILES string of the molecule is COC(=O)N1c2ccccc2[C@]2(C)C(C(=O)OC(=O)OC(C)(C)C)CN(C)[C@H]12. The number of carbonyl (C=O) groups is 3. The maximum Gasteiger partial charge on any atom is 0.516 e. The van der Waals surface area contributed by atoms with Gasteiger partial charge in [-0.1, -0.05) is 25.1 Å². The van der Waals surface area contributed by atoms with E-state index in [0.717, 1.165) is 5.56 Å². The largest absolute Gasteiger partial charge is 0.516 e. The predicted octanol–water partition coefficient (Wildman–Crippen LogP) is 2.90. The van der Waals surface area contributed by atoms with Crippen molar-refractivity contribution in [2.45, 2.75) is 44.9 Å². The number of anilines is 1. The second kappa shape index (κ2) is 6.77. The molecule has 8 heteroatoms. The van der Waals surface area contributed by atoms with E-state index in [1.807, 2.05) is 43.1 Å². The fraction of sp³-hybridized carbons (Fsp3) is 0.550. The quantitative estimate of drug-likeness (QED) is 0.538. The van der Waals surface area contributed by atoms with Crippen LogP contribution in [0.1, 0.15) is 33.3 Å². The second-order valence-electron chi connectivity index (χ2n) is 8.39. The average molecular weight is 390 g/mol. The summed E-state index contributed by atoms with van der Waals surface area (Å²) in [5.41, 5.74) is -0.0133. The molecule has 1 aromatic rings. The van der Waals surface area contributed by atoms with Crippen molar-refractivity contribution >= 4 is 23.9 Å². The summed E-state index contributed by atoms with van der Waals surface area (Å²) in [6.07, 6.45) is -1.97. The van der Waals surface area contributed by atoms with Crippen LogP contribution in [0.4, 0.5) is 15.3 Å². The molecule has 0 aromatic heterocycles.